The van der Waals surface area contributed by atoms with Crippen LogP contribution in [0, 0.1) is 11.8 Å². The minimum absolute atomic E-state index is 0.181. The molecule has 132 valence electrons. The molecule has 2 aromatic heterocycles. The summed E-state index contributed by atoms with van der Waals surface area (Å²) in [5, 5.41) is 0.703. The average molecular weight is 373 g/mol. The smallest absolute Gasteiger partial charge is 0.270 e. The van der Waals surface area contributed by atoms with E-state index in [-0.39, 0.29) is 4.90 Å². The van der Waals surface area contributed by atoms with Gasteiger partial charge in [0.25, 0.3) is 10.0 Å². The van der Waals surface area contributed by atoms with Crippen LogP contribution in [-0.4, -0.2) is 17.4 Å². The number of benzene rings is 2. The Balaban J connectivity index is 1.94. The Labute approximate surface area is 157 Å². The summed E-state index contributed by atoms with van der Waals surface area (Å²) in [6, 6.07) is 20.7. The lowest BCUT2D eigenvalue weighted by Gasteiger charge is -2.08. The highest BCUT2D eigenvalue weighted by atomic mass is 32.2. The Kier molecular flexibility index (Phi) is 4.15. The van der Waals surface area contributed by atoms with Gasteiger partial charge in [-0.3, -0.25) is 0 Å². The van der Waals surface area contributed by atoms with E-state index in [2.05, 4.69) is 16.8 Å². The summed E-state index contributed by atoms with van der Waals surface area (Å²) in [4.78, 5) is 4.44. The molecule has 0 fully saturated rings. The van der Waals surface area contributed by atoms with E-state index in [1.165, 1.54) is 3.97 Å². The van der Waals surface area contributed by atoms with Crippen LogP contribution in [0.5, 0.6) is 0 Å². The third kappa shape index (κ3) is 3.16. The Morgan fingerprint density at radius 3 is 2.48 bits per heavy atom. The highest BCUT2D eigenvalue weighted by Crippen LogP contribution is 2.24. The lowest BCUT2D eigenvalue weighted by atomic mass is 10.2. The lowest BCUT2D eigenvalue weighted by Crippen LogP contribution is -2.15. The van der Waals surface area contributed by atoms with Gasteiger partial charge in [-0.2, -0.15) is 0 Å². The molecule has 2 heterocycles. The van der Waals surface area contributed by atoms with E-state index in [1.54, 1.807) is 66.9 Å². The molecule has 0 aliphatic rings. The molecule has 0 amide bonds. The molecule has 2 aromatic carbocycles. The van der Waals surface area contributed by atoms with Crippen molar-refractivity contribution in [3.05, 3.63) is 90.3 Å². The van der Waals surface area contributed by atoms with Gasteiger partial charge in [0, 0.05) is 22.8 Å². The number of hydrogen-bond acceptors (Lipinski definition) is 4. The maximum Gasteiger partial charge on any atom is 0.270 e. The lowest BCUT2D eigenvalue weighted by molar-refractivity contribution is 0.588. The van der Waals surface area contributed by atoms with Gasteiger partial charge in [0.05, 0.1) is 4.90 Å². The van der Waals surface area contributed by atoms with E-state index in [0.717, 1.165) is 0 Å². The van der Waals surface area contributed by atoms with Crippen LogP contribution in [-0.2, 0) is 10.0 Å². The Bertz CT molecular complexity index is 1300. The van der Waals surface area contributed by atoms with Crippen molar-refractivity contribution in [1.82, 2.24) is 8.96 Å². The summed E-state index contributed by atoms with van der Waals surface area (Å²) < 4.78 is 27.7. The third-order valence-electron chi connectivity index (χ3n) is 4.02. The molecule has 0 saturated heterocycles. The van der Waals surface area contributed by atoms with E-state index in [9.17, 15) is 8.42 Å². The molecule has 6 heteroatoms. The van der Waals surface area contributed by atoms with Crippen LogP contribution < -0.4 is 5.73 Å². The molecule has 0 bridgehead atoms. The molecule has 0 aliphatic carbocycles. The first-order valence-corrected chi connectivity index (χ1v) is 9.64. The van der Waals surface area contributed by atoms with E-state index in [1.807, 2.05) is 12.1 Å². The fraction of sp³-hybridized carbons (Fsp3) is 0. The van der Waals surface area contributed by atoms with Crippen molar-refractivity contribution in [2.24, 2.45) is 0 Å². The van der Waals surface area contributed by atoms with Crippen LogP contribution in [0.3, 0.4) is 0 Å². The van der Waals surface area contributed by atoms with Crippen molar-refractivity contribution in [2.45, 2.75) is 4.90 Å². The molecule has 0 atom stereocenters. The Hall–Kier alpha value is -3.56. The van der Waals surface area contributed by atoms with Crippen LogP contribution in [0.4, 0.5) is 5.69 Å². The molecule has 0 aliphatic heterocycles. The summed E-state index contributed by atoms with van der Waals surface area (Å²) in [6.45, 7) is 0. The van der Waals surface area contributed by atoms with Crippen molar-refractivity contribution >= 4 is 26.7 Å². The largest absolute Gasteiger partial charge is 0.399 e. The van der Waals surface area contributed by atoms with Crippen molar-refractivity contribution in [2.75, 3.05) is 5.73 Å². The predicted molar refractivity (Wildman–Crippen MR) is 106 cm³/mol. The van der Waals surface area contributed by atoms with E-state index in [0.29, 0.717) is 28.0 Å². The normalized spacial score (nSPS) is 11.1. The van der Waals surface area contributed by atoms with Crippen LogP contribution >= 0.6 is 0 Å². The second kappa shape index (κ2) is 6.63. The second-order valence-corrected chi connectivity index (χ2v) is 7.69. The predicted octanol–water partition coefficient (Wildman–Crippen LogP) is 3.26. The van der Waals surface area contributed by atoms with Gasteiger partial charge in [-0.05, 0) is 54.5 Å². The van der Waals surface area contributed by atoms with E-state index >= 15 is 0 Å². The molecule has 4 aromatic rings. The maximum absolute atomic E-state index is 13.2. The van der Waals surface area contributed by atoms with Crippen molar-refractivity contribution in [3.8, 4) is 11.8 Å². The van der Waals surface area contributed by atoms with Gasteiger partial charge in [-0.15, -0.1) is 0 Å². The summed E-state index contributed by atoms with van der Waals surface area (Å²) >= 11 is 0. The van der Waals surface area contributed by atoms with Gasteiger partial charge < -0.3 is 5.73 Å². The Morgan fingerprint density at radius 1 is 0.889 bits per heavy atom. The molecular weight excluding hydrogens is 358 g/mol. The summed E-state index contributed by atoms with van der Waals surface area (Å²) in [5.74, 6) is 5.94. The number of pyridine rings is 1. The van der Waals surface area contributed by atoms with Gasteiger partial charge in [0.1, 0.15) is 5.69 Å². The van der Waals surface area contributed by atoms with Gasteiger partial charge in [-0.25, -0.2) is 17.4 Å². The number of nitrogen functional groups attached to an aromatic ring is 1. The highest BCUT2D eigenvalue weighted by Gasteiger charge is 2.22. The monoisotopic (exact) mass is 373 g/mol. The zero-order valence-electron chi connectivity index (χ0n) is 14.2. The molecule has 0 spiro atoms. The zero-order valence-corrected chi connectivity index (χ0v) is 15.0. The van der Waals surface area contributed by atoms with Crippen molar-refractivity contribution < 1.29 is 8.42 Å². The van der Waals surface area contributed by atoms with Crippen LogP contribution in [0.25, 0.3) is 11.0 Å². The summed E-state index contributed by atoms with van der Waals surface area (Å²) in [7, 11) is -3.84. The van der Waals surface area contributed by atoms with Gasteiger partial charge in [0.15, 0.2) is 5.65 Å². The molecule has 4 rings (SSSR count). The van der Waals surface area contributed by atoms with Crippen LogP contribution in [0.1, 0.15) is 11.3 Å². The molecule has 5 nitrogen and oxygen atoms in total. The zero-order chi connectivity index (χ0) is 18.9. The number of anilines is 1. The first kappa shape index (κ1) is 16.9. The average Bonchev–Trinajstić information content (AvgIpc) is 3.06. The van der Waals surface area contributed by atoms with Crippen molar-refractivity contribution in [3.63, 3.8) is 0 Å². The van der Waals surface area contributed by atoms with E-state index < -0.39 is 10.0 Å². The van der Waals surface area contributed by atoms with Gasteiger partial charge in [-0.1, -0.05) is 30.2 Å². The molecule has 0 radical (unpaired) electrons. The van der Waals surface area contributed by atoms with Crippen LogP contribution in [0.15, 0.2) is 83.9 Å². The fourth-order valence-electron chi connectivity index (χ4n) is 2.79. The number of hydrogen-bond donors (Lipinski definition) is 1. The number of rotatable bonds is 2. The minimum atomic E-state index is -3.84. The third-order valence-corrected chi connectivity index (χ3v) is 5.74. The first-order chi connectivity index (χ1) is 13.1. The number of nitrogens with two attached hydrogens (primary N) is 1. The summed E-state index contributed by atoms with van der Waals surface area (Å²) in [6.07, 6.45) is 1.56. The van der Waals surface area contributed by atoms with Crippen molar-refractivity contribution in [1.29, 1.82) is 0 Å². The second-order valence-electron chi connectivity index (χ2n) is 5.90. The molecule has 0 saturated carbocycles. The first-order valence-electron chi connectivity index (χ1n) is 8.20. The molecule has 0 unspecified atom stereocenters. The van der Waals surface area contributed by atoms with Gasteiger partial charge >= 0.3 is 0 Å². The SMILES string of the molecule is Nc1cccc(C#Cc2cc3cccnc3n2S(=O)(=O)c2ccccc2)c1. The molecular formula is C21H15N3O2S. The number of fused-ring (bicyclic) bond motifs is 1. The number of aromatic nitrogens is 2. The quantitative estimate of drug-likeness (QED) is 0.432. The van der Waals surface area contributed by atoms with Crippen LogP contribution in [0.2, 0.25) is 0 Å². The summed E-state index contributed by atoms with van der Waals surface area (Å²) in [5.41, 5.74) is 7.78. The minimum Gasteiger partial charge on any atom is -0.399 e. The Morgan fingerprint density at radius 2 is 1.70 bits per heavy atom. The van der Waals surface area contributed by atoms with Gasteiger partial charge in [0.2, 0.25) is 0 Å². The highest BCUT2D eigenvalue weighted by molar-refractivity contribution is 7.90. The molecule has 2 N–H and O–H groups in total. The maximum atomic E-state index is 13.2. The standard InChI is InChI=1S/C21H15N3O2S/c22-18-8-4-6-16(14-18)11-12-19-15-17-7-5-13-23-21(17)24(19)27(25,26)20-9-2-1-3-10-20/h1-10,13-15H,22H2. The number of nitrogens with zero attached hydrogens (tertiary/aromatic N) is 2. The fourth-order valence-corrected chi connectivity index (χ4v) is 4.24. The molecule has 27 heavy (non-hydrogen) atoms. The van der Waals surface area contributed by atoms with E-state index in [4.69, 9.17) is 5.73 Å². The topological polar surface area (TPSA) is 78.0 Å².